The summed E-state index contributed by atoms with van der Waals surface area (Å²) >= 11 is 0. The average molecular weight is 298 g/mol. The van der Waals surface area contributed by atoms with Crippen LogP contribution in [0.3, 0.4) is 0 Å². The Morgan fingerprint density at radius 3 is 2.80 bits per heavy atom. The Balaban J connectivity index is 2.46. The number of hydrogen-bond donors (Lipinski definition) is 2. The highest BCUT2D eigenvalue weighted by atomic mass is 32.2. The van der Waals surface area contributed by atoms with Crippen molar-refractivity contribution < 1.29 is 13.5 Å². The van der Waals surface area contributed by atoms with Crippen molar-refractivity contribution in [2.24, 2.45) is 0 Å². The Bertz CT molecular complexity index is 572. The maximum absolute atomic E-state index is 12.8. The smallest absolute Gasteiger partial charge is 0.243 e. The Kier molecular flexibility index (Phi) is 4.67. The number of piperidine rings is 1. The van der Waals surface area contributed by atoms with Gasteiger partial charge in [-0.3, -0.25) is 0 Å². The molecule has 1 saturated heterocycles. The highest BCUT2D eigenvalue weighted by molar-refractivity contribution is 7.89. The maximum atomic E-state index is 12.8. The van der Waals surface area contributed by atoms with E-state index < -0.39 is 10.0 Å². The van der Waals surface area contributed by atoms with Crippen LogP contribution in [0.5, 0.6) is 0 Å². The highest BCUT2D eigenvalue weighted by Crippen LogP contribution is 2.28. The Hall–Kier alpha value is -1.11. The molecule has 2 rings (SSSR count). The number of benzene rings is 1. The summed E-state index contributed by atoms with van der Waals surface area (Å²) in [5.41, 5.74) is 6.95. The number of rotatable bonds is 4. The molecule has 5 nitrogen and oxygen atoms in total. The predicted molar refractivity (Wildman–Crippen MR) is 78.8 cm³/mol. The van der Waals surface area contributed by atoms with Crippen LogP contribution in [0.4, 0.5) is 5.69 Å². The van der Waals surface area contributed by atoms with E-state index in [1.165, 1.54) is 10.4 Å². The molecule has 0 aliphatic carbocycles. The zero-order valence-electron chi connectivity index (χ0n) is 11.7. The topological polar surface area (TPSA) is 83.6 Å². The third-order valence-corrected chi connectivity index (χ3v) is 5.88. The van der Waals surface area contributed by atoms with Crippen molar-refractivity contribution in [2.45, 2.75) is 43.5 Å². The third-order valence-electron chi connectivity index (χ3n) is 3.84. The fourth-order valence-corrected chi connectivity index (χ4v) is 4.72. The Morgan fingerprint density at radius 1 is 1.40 bits per heavy atom. The summed E-state index contributed by atoms with van der Waals surface area (Å²) in [4.78, 5) is 0.278. The first-order chi connectivity index (χ1) is 9.50. The summed E-state index contributed by atoms with van der Waals surface area (Å²) in [5, 5.41) is 9.42. The van der Waals surface area contributed by atoms with E-state index in [-0.39, 0.29) is 17.5 Å². The summed E-state index contributed by atoms with van der Waals surface area (Å²) in [5.74, 6) is 0. The number of aliphatic hydroxyl groups excluding tert-OH is 1. The summed E-state index contributed by atoms with van der Waals surface area (Å²) < 4.78 is 27.1. The molecule has 0 spiro atoms. The molecule has 20 heavy (non-hydrogen) atoms. The zero-order valence-corrected chi connectivity index (χ0v) is 12.6. The van der Waals surface area contributed by atoms with Crippen LogP contribution in [-0.2, 0) is 16.4 Å². The van der Waals surface area contributed by atoms with Gasteiger partial charge in [0.15, 0.2) is 0 Å². The van der Waals surface area contributed by atoms with Crippen molar-refractivity contribution in [1.29, 1.82) is 0 Å². The van der Waals surface area contributed by atoms with E-state index in [9.17, 15) is 13.5 Å². The molecular weight excluding hydrogens is 276 g/mol. The van der Waals surface area contributed by atoms with Gasteiger partial charge in [0.1, 0.15) is 0 Å². The molecule has 1 heterocycles. The van der Waals surface area contributed by atoms with Crippen LogP contribution in [0.15, 0.2) is 23.1 Å². The van der Waals surface area contributed by atoms with Gasteiger partial charge in [-0.05, 0) is 37.0 Å². The molecule has 1 fully saturated rings. The molecule has 0 bridgehead atoms. The largest absolute Gasteiger partial charge is 0.399 e. The first kappa shape index (κ1) is 15.3. The van der Waals surface area contributed by atoms with Crippen LogP contribution in [0.25, 0.3) is 0 Å². The number of aryl methyl sites for hydroxylation is 1. The van der Waals surface area contributed by atoms with Crippen molar-refractivity contribution >= 4 is 15.7 Å². The lowest BCUT2D eigenvalue weighted by Crippen LogP contribution is -2.45. The van der Waals surface area contributed by atoms with Gasteiger partial charge < -0.3 is 10.8 Å². The van der Waals surface area contributed by atoms with E-state index in [1.807, 2.05) is 6.92 Å². The Labute approximate surface area is 120 Å². The minimum Gasteiger partial charge on any atom is -0.399 e. The second-order valence-electron chi connectivity index (χ2n) is 5.17. The zero-order chi connectivity index (χ0) is 14.8. The van der Waals surface area contributed by atoms with E-state index in [0.717, 1.165) is 18.4 Å². The van der Waals surface area contributed by atoms with Gasteiger partial charge in [0.25, 0.3) is 0 Å². The van der Waals surface area contributed by atoms with Gasteiger partial charge in [0.2, 0.25) is 10.0 Å². The second-order valence-corrected chi connectivity index (χ2v) is 7.03. The van der Waals surface area contributed by atoms with Crippen molar-refractivity contribution in [3.63, 3.8) is 0 Å². The highest BCUT2D eigenvalue weighted by Gasteiger charge is 2.34. The fourth-order valence-electron chi connectivity index (χ4n) is 2.70. The molecule has 3 N–H and O–H groups in total. The van der Waals surface area contributed by atoms with E-state index in [2.05, 4.69) is 0 Å². The number of aliphatic hydroxyl groups is 1. The molecule has 1 unspecified atom stereocenters. The first-order valence-corrected chi connectivity index (χ1v) is 8.45. The van der Waals surface area contributed by atoms with Crippen LogP contribution in [0.2, 0.25) is 0 Å². The number of nitrogens with two attached hydrogens (primary N) is 1. The molecule has 6 heteroatoms. The third kappa shape index (κ3) is 2.82. The van der Waals surface area contributed by atoms with Gasteiger partial charge in [0, 0.05) is 18.3 Å². The minimum absolute atomic E-state index is 0.136. The van der Waals surface area contributed by atoms with Crippen LogP contribution < -0.4 is 5.73 Å². The molecule has 1 aromatic rings. The summed E-state index contributed by atoms with van der Waals surface area (Å²) in [6, 6.07) is 4.69. The number of sulfonamides is 1. The molecule has 1 aliphatic heterocycles. The Morgan fingerprint density at radius 2 is 2.15 bits per heavy atom. The molecule has 112 valence electrons. The van der Waals surface area contributed by atoms with E-state index in [1.54, 1.807) is 12.1 Å². The average Bonchev–Trinajstić information content (AvgIpc) is 2.47. The van der Waals surface area contributed by atoms with Crippen LogP contribution in [-0.4, -0.2) is 37.0 Å². The van der Waals surface area contributed by atoms with Crippen molar-refractivity contribution in [2.75, 3.05) is 18.9 Å². The SMILES string of the molecule is CCc1ccc(N)cc1S(=O)(=O)N1CCCCC1CO. The standard InChI is InChI=1S/C14H22N2O3S/c1-2-11-6-7-12(15)9-14(11)20(18,19)16-8-4-3-5-13(16)10-17/h6-7,9,13,17H,2-5,8,10,15H2,1H3. The summed E-state index contributed by atoms with van der Waals surface area (Å²) in [6.45, 7) is 2.25. The van der Waals surface area contributed by atoms with Crippen molar-refractivity contribution in [1.82, 2.24) is 4.31 Å². The molecule has 0 aromatic heterocycles. The molecule has 1 atom stereocenters. The number of nitrogen functional groups attached to an aromatic ring is 1. The monoisotopic (exact) mass is 298 g/mol. The van der Waals surface area contributed by atoms with Gasteiger partial charge in [-0.1, -0.05) is 19.4 Å². The molecule has 1 aliphatic rings. The maximum Gasteiger partial charge on any atom is 0.243 e. The molecular formula is C14H22N2O3S. The van der Waals surface area contributed by atoms with Crippen LogP contribution in [0, 0.1) is 0 Å². The fraction of sp³-hybridized carbons (Fsp3) is 0.571. The van der Waals surface area contributed by atoms with Gasteiger partial charge in [-0.2, -0.15) is 4.31 Å². The predicted octanol–water partition coefficient (Wildman–Crippen LogP) is 1.37. The summed E-state index contributed by atoms with van der Waals surface area (Å²) in [7, 11) is -3.60. The quantitative estimate of drug-likeness (QED) is 0.822. The molecule has 1 aromatic carbocycles. The second kappa shape index (κ2) is 6.11. The lowest BCUT2D eigenvalue weighted by molar-refractivity contribution is 0.155. The lowest BCUT2D eigenvalue weighted by Gasteiger charge is -2.34. The number of anilines is 1. The van der Waals surface area contributed by atoms with Gasteiger partial charge >= 0.3 is 0 Å². The normalized spacial score (nSPS) is 21.0. The van der Waals surface area contributed by atoms with Gasteiger partial charge in [-0.15, -0.1) is 0 Å². The van der Waals surface area contributed by atoms with Crippen LogP contribution in [0.1, 0.15) is 31.7 Å². The minimum atomic E-state index is -3.60. The lowest BCUT2D eigenvalue weighted by atomic mass is 10.1. The number of nitrogens with zero attached hydrogens (tertiary/aromatic N) is 1. The van der Waals surface area contributed by atoms with Gasteiger partial charge in [-0.25, -0.2) is 8.42 Å². The van der Waals surface area contributed by atoms with Gasteiger partial charge in [0.05, 0.1) is 11.5 Å². The van der Waals surface area contributed by atoms with E-state index >= 15 is 0 Å². The summed E-state index contributed by atoms with van der Waals surface area (Å²) in [6.07, 6.45) is 3.13. The number of hydrogen-bond acceptors (Lipinski definition) is 4. The molecule has 0 saturated carbocycles. The molecule has 0 amide bonds. The first-order valence-electron chi connectivity index (χ1n) is 7.01. The van der Waals surface area contributed by atoms with E-state index in [4.69, 9.17) is 5.73 Å². The van der Waals surface area contributed by atoms with Crippen molar-refractivity contribution in [3.8, 4) is 0 Å². The van der Waals surface area contributed by atoms with Crippen molar-refractivity contribution in [3.05, 3.63) is 23.8 Å². The van der Waals surface area contributed by atoms with E-state index in [0.29, 0.717) is 25.1 Å². The molecule has 0 radical (unpaired) electrons. The van der Waals surface area contributed by atoms with Crippen LogP contribution >= 0.6 is 0 Å².